The van der Waals surface area contributed by atoms with Crippen molar-refractivity contribution in [3.63, 3.8) is 0 Å². The summed E-state index contributed by atoms with van der Waals surface area (Å²) in [5.41, 5.74) is 3.08. The lowest BCUT2D eigenvalue weighted by molar-refractivity contribution is 0.183. The van der Waals surface area contributed by atoms with Gasteiger partial charge in [0.05, 0.1) is 12.2 Å². The van der Waals surface area contributed by atoms with E-state index in [0.29, 0.717) is 18.4 Å². The molecule has 2 heterocycles. The fourth-order valence-corrected chi connectivity index (χ4v) is 3.46. The Morgan fingerprint density at radius 1 is 1.30 bits per heavy atom. The molecule has 0 saturated carbocycles. The predicted octanol–water partition coefficient (Wildman–Crippen LogP) is 3.05. The van der Waals surface area contributed by atoms with Crippen LogP contribution in [-0.2, 0) is 6.54 Å². The number of oxazole rings is 1. The van der Waals surface area contributed by atoms with E-state index < -0.39 is 0 Å². The summed E-state index contributed by atoms with van der Waals surface area (Å²) in [7, 11) is 1.80. The summed E-state index contributed by atoms with van der Waals surface area (Å²) in [5.74, 6) is 2.14. The van der Waals surface area contributed by atoms with Crippen LogP contribution in [0.15, 0.2) is 39.9 Å². The Labute approximate surface area is 162 Å². The molecule has 0 radical (unpaired) electrons. The zero-order valence-electron chi connectivity index (χ0n) is 16.7. The van der Waals surface area contributed by atoms with E-state index >= 15 is 0 Å². The van der Waals surface area contributed by atoms with Crippen LogP contribution in [0.2, 0.25) is 0 Å². The van der Waals surface area contributed by atoms with Crippen LogP contribution in [-0.4, -0.2) is 49.1 Å². The Morgan fingerprint density at radius 3 is 2.85 bits per heavy atom. The van der Waals surface area contributed by atoms with Crippen molar-refractivity contribution in [2.75, 3.05) is 33.2 Å². The minimum Gasteiger partial charge on any atom is -0.444 e. The van der Waals surface area contributed by atoms with E-state index in [1.165, 1.54) is 31.5 Å². The molecule has 2 N–H and O–H groups in total. The number of aromatic nitrogens is 1. The van der Waals surface area contributed by atoms with Crippen LogP contribution in [0.25, 0.3) is 11.5 Å². The second kappa shape index (κ2) is 9.55. The van der Waals surface area contributed by atoms with E-state index in [1.54, 1.807) is 13.3 Å². The van der Waals surface area contributed by atoms with Gasteiger partial charge in [0, 0.05) is 25.7 Å². The molecule has 6 nitrogen and oxygen atoms in total. The van der Waals surface area contributed by atoms with E-state index in [4.69, 9.17) is 4.42 Å². The molecule has 3 rings (SSSR count). The lowest BCUT2D eigenvalue weighted by Crippen LogP contribution is -2.44. The minimum atomic E-state index is 0.584. The monoisotopic (exact) mass is 369 g/mol. The predicted molar refractivity (Wildman–Crippen MR) is 110 cm³/mol. The Morgan fingerprint density at radius 2 is 2.11 bits per heavy atom. The molecule has 1 fully saturated rings. The molecule has 1 aliphatic heterocycles. The molecule has 6 heteroatoms. The fraction of sp³-hybridized carbons (Fsp3) is 0.524. The highest BCUT2D eigenvalue weighted by Gasteiger charge is 2.18. The number of hydrogen-bond acceptors (Lipinski definition) is 4. The van der Waals surface area contributed by atoms with Crippen LogP contribution >= 0.6 is 0 Å². The summed E-state index contributed by atoms with van der Waals surface area (Å²) >= 11 is 0. The zero-order chi connectivity index (χ0) is 19.1. The van der Waals surface area contributed by atoms with Gasteiger partial charge in [0.2, 0.25) is 5.89 Å². The van der Waals surface area contributed by atoms with E-state index in [9.17, 15) is 0 Å². The SMILES string of the molecule is CCN1CCCC(CNC(=NC)NCc2coc(-c3ccc(C)cc3)n2)C1. The Bertz CT molecular complexity index is 737. The van der Waals surface area contributed by atoms with E-state index in [2.05, 4.69) is 51.5 Å². The normalized spacial score (nSPS) is 18.5. The van der Waals surface area contributed by atoms with E-state index in [0.717, 1.165) is 30.3 Å². The number of nitrogens with zero attached hydrogens (tertiary/aromatic N) is 3. The second-order valence-electron chi connectivity index (χ2n) is 7.22. The zero-order valence-corrected chi connectivity index (χ0v) is 16.7. The number of likely N-dealkylation sites (tertiary alicyclic amines) is 1. The summed E-state index contributed by atoms with van der Waals surface area (Å²) in [6.45, 7) is 9.38. The number of hydrogen-bond donors (Lipinski definition) is 2. The molecule has 1 aromatic carbocycles. The summed E-state index contributed by atoms with van der Waals surface area (Å²) < 4.78 is 5.62. The first-order valence-corrected chi connectivity index (χ1v) is 9.86. The number of nitrogens with one attached hydrogen (secondary N) is 2. The van der Waals surface area contributed by atoms with Gasteiger partial charge in [0.25, 0.3) is 0 Å². The number of rotatable bonds is 6. The van der Waals surface area contributed by atoms with Crippen molar-refractivity contribution in [1.29, 1.82) is 0 Å². The maximum absolute atomic E-state index is 5.62. The first-order chi connectivity index (χ1) is 13.2. The Kier molecular flexibility index (Phi) is 6.87. The number of guanidine groups is 1. The molecule has 1 saturated heterocycles. The van der Waals surface area contributed by atoms with Crippen molar-refractivity contribution in [3.8, 4) is 11.5 Å². The number of aliphatic imine (C=N–C) groups is 1. The third-order valence-electron chi connectivity index (χ3n) is 5.12. The third kappa shape index (κ3) is 5.57. The van der Waals surface area contributed by atoms with E-state index in [-0.39, 0.29) is 0 Å². The summed E-state index contributed by atoms with van der Waals surface area (Å²) in [6, 6.07) is 8.19. The molecule has 0 aliphatic carbocycles. The maximum atomic E-state index is 5.62. The van der Waals surface area contributed by atoms with Gasteiger partial charge in [-0.3, -0.25) is 4.99 Å². The van der Waals surface area contributed by atoms with Gasteiger partial charge in [0.1, 0.15) is 6.26 Å². The van der Waals surface area contributed by atoms with Crippen LogP contribution in [0.3, 0.4) is 0 Å². The molecular weight excluding hydrogens is 338 g/mol. The molecule has 1 aliphatic rings. The largest absolute Gasteiger partial charge is 0.444 e. The quantitative estimate of drug-likeness (QED) is 0.605. The molecular formula is C21H31N5O. The maximum Gasteiger partial charge on any atom is 0.226 e. The molecule has 2 aromatic rings. The molecule has 0 bridgehead atoms. The first kappa shape index (κ1) is 19.4. The molecule has 0 spiro atoms. The van der Waals surface area contributed by atoms with Gasteiger partial charge in [-0.05, 0) is 50.9 Å². The van der Waals surface area contributed by atoms with E-state index in [1.807, 2.05) is 12.1 Å². The first-order valence-electron chi connectivity index (χ1n) is 9.86. The van der Waals surface area contributed by atoms with Crippen molar-refractivity contribution < 1.29 is 4.42 Å². The summed E-state index contributed by atoms with van der Waals surface area (Å²) in [5, 5.41) is 6.78. The smallest absolute Gasteiger partial charge is 0.226 e. The highest BCUT2D eigenvalue weighted by atomic mass is 16.3. The van der Waals surface area contributed by atoms with Gasteiger partial charge in [-0.2, -0.15) is 0 Å². The van der Waals surface area contributed by atoms with Crippen molar-refractivity contribution in [3.05, 3.63) is 41.8 Å². The van der Waals surface area contributed by atoms with Gasteiger partial charge in [-0.1, -0.05) is 24.6 Å². The van der Waals surface area contributed by atoms with Crippen LogP contribution in [0.1, 0.15) is 31.0 Å². The van der Waals surface area contributed by atoms with Crippen molar-refractivity contribution in [1.82, 2.24) is 20.5 Å². The lowest BCUT2D eigenvalue weighted by atomic mass is 9.98. The summed E-state index contributed by atoms with van der Waals surface area (Å²) in [6.07, 6.45) is 4.27. The lowest BCUT2D eigenvalue weighted by Gasteiger charge is -2.32. The van der Waals surface area contributed by atoms with Gasteiger partial charge in [-0.25, -0.2) is 4.98 Å². The van der Waals surface area contributed by atoms with Gasteiger partial charge in [0.15, 0.2) is 5.96 Å². The molecule has 146 valence electrons. The topological polar surface area (TPSA) is 65.7 Å². The van der Waals surface area contributed by atoms with Crippen molar-refractivity contribution in [2.24, 2.45) is 10.9 Å². The molecule has 1 atom stereocenters. The Balaban J connectivity index is 1.47. The fourth-order valence-electron chi connectivity index (χ4n) is 3.46. The Hall–Kier alpha value is -2.34. The van der Waals surface area contributed by atoms with Crippen molar-refractivity contribution in [2.45, 2.75) is 33.2 Å². The van der Waals surface area contributed by atoms with Crippen molar-refractivity contribution >= 4 is 5.96 Å². The molecule has 1 unspecified atom stereocenters. The van der Waals surface area contributed by atoms with Crippen LogP contribution in [0.4, 0.5) is 0 Å². The number of piperidine rings is 1. The third-order valence-corrected chi connectivity index (χ3v) is 5.12. The van der Waals surface area contributed by atoms with Gasteiger partial charge in [-0.15, -0.1) is 0 Å². The number of aryl methyl sites for hydroxylation is 1. The van der Waals surface area contributed by atoms with Crippen LogP contribution in [0.5, 0.6) is 0 Å². The minimum absolute atomic E-state index is 0.584. The van der Waals surface area contributed by atoms with Gasteiger partial charge < -0.3 is 20.0 Å². The highest BCUT2D eigenvalue weighted by Crippen LogP contribution is 2.19. The molecule has 27 heavy (non-hydrogen) atoms. The standard InChI is InChI=1S/C21H31N5O/c1-4-26-11-5-6-17(14-26)12-23-21(22-3)24-13-19-15-27-20(25-19)18-9-7-16(2)8-10-18/h7-10,15,17H,4-6,11-14H2,1-3H3,(H2,22,23,24). The molecule has 1 aromatic heterocycles. The average Bonchev–Trinajstić information content (AvgIpc) is 3.18. The van der Waals surface area contributed by atoms with Gasteiger partial charge >= 0.3 is 0 Å². The van der Waals surface area contributed by atoms with Crippen LogP contribution in [0, 0.1) is 12.8 Å². The summed E-state index contributed by atoms with van der Waals surface area (Å²) in [4.78, 5) is 11.4. The highest BCUT2D eigenvalue weighted by molar-refractivity contribution is 5.79. The number of benzene rings is 1. The molecule has 0 amide bonds. The average molecular weight is 370 g/mol. The second-order valence-corrected chi connectivity index (χ2v) is 7.22. The van der Waals surface area contributed by atoms with Crippen LogP contribution < -0.4 is 10.6 Å².